The second kappa shape index (κ2) is 4.58. The quantitative estimate of drug-likeness (QED) is 0.810. The number of carboxylic acid groups (broad SMARTS) is 1. The summed E-state index contributed by atoms with van der Waals surface area (Å²) in [5.41, 5.74) is 0. The minimum Gasteiger partial charge on any atom is -0.481 e. The molecule has 3 heterocycles. The van der Waals surface area contributed by atoms with Crippen LogP contribution in [0.4, 0.5) is 0 Å². The predicted molar refractivity (Wildman–Crippen MR) is 62.8 cm³/mol. The van der Waals surface area contributed by atoms with Gasteiger partial charge in [-0.25, -0.2) is 0 Å². The van der Waals surface area contributed by atoms with Crippen molar-refractivity contribution in [3.8, 4) is 0 Å². The summed E-state index contributed by atoms with van der Waals surface area (Å²) in [6, 6.07) is 0.998. The number of hydrogen-bond acceptors (Lipinski definition) is 3. The van der Waals surface area contributed by atoms with Crippen LogP contribution in [0.2, 0.25) is 0 Å². The Balaban J connectivity index is 1.62. The van der Waals surface area contributed by atoms with E-state index in [0.717, 1.165) is 26.0 Å². The van der Waals surface area contributed by atoms with Crippen LogP contribution >= 0.6 is 0 Å². The van der Waals surface area contributed by atoms with Gasteiger partial charge in [0.05, 0.1) is 12.0 Å². The zero-order valence-electron chi connectivity index (χ0n) is 10.2. The molecule has 0 aromatic carbocycles. The molecule has 1 N–H and O–H groups in total. The molecule has 2 bridgehead atoms. The zero-order chi connectivity index (χ0) is 11.8. The van der Waals surface area contributed by atoms with Gasteiger partial charge in [0.25, 0.3) is 0 Å². The Labute approximate surface area is 102 Å². The molecule has 0 aromatic rings. The van der Waals surface area contributed by atoms with Crippen molar-refractivity contribution in [2.24, 2.45) is 5.92 Å². The third kappa shape index (κ3) is 2.20. The van der Waals surface area contributed by atoms with Crippen LogP contribution in [-0.4, -0.2) is 47.3 Å². The van der Waals surface area contributed by atoms with Crippen molar-refractivity contribution >= 4 is 5.97 Å². The molecule has 3 fully saturated rings. The molecule has 4 heteroatoms. The smallest absolute Gasteiger partial charge is 0.306 e. The van der Waals surface area contributed by atoms with Crippen molar-refractivity contribution < 1.29 is 14.6 Å². The molecule has 4 nitrogen and oxygen atoms in total. The summed E-state index contributed by atoms with van der Waals surface area (Å²) in [5.74, 6) is -0.702. The van der Waals surface area contributed by atoms with E-state index in [1.807, 2.05) is 0 Å². The van der Waals surface area contributed by atoms with Crippen LogP contribution in [0.3, 0.4) is 0 Å². The predicted octanol–water partition coefficient (Wildman–Crippen LogP) is 1.49. The van der Waals surface area contributed by atoms with E-state index in [1.54, 1.807) is 0 Å². The van der Waals surface area contributed by atoms with E-state index in [0.29, 0.717) is 18.2 Å². The summed E-state index contributed by atoms with van der Waals surface area (Å²) in [4.78, 5) is 13.6. The van der Waals surface area contributed by atoms with Crippen LogP contribution in [0.25, 0.3) is 0 Å². The normalized spacial score (nSPS) is 41.9. The first-order valence-corrected chi connectivity index (χ1v) is 6.84. The molecule has 3 unspecified atom stereocenters. The first kappa shape index (κ1) is 11.5. The summed E-state index contributed by atoms with van der Waals surface area (Å²) in [7, 11) is 0. The highest BCUT2D eigenvalue weighted by molar-refractivity contribution is 5.70. The van der Waals surface area contributed by atoms with E-state index in [-0.39, 0.29) is 5.92 Å². The molecule has 3 aliphatic rings. The summed E-state index contributed by atoms with van der Waals surface area (Å²) in [6.45, 7) is 1.94. The van der Waals surface area contributed by atoms with Gasteiger partial charge in [-0.1, -0.05) is 0 Å². The number of rotatable bonds is 3. The van der Waals surface area contributed by atoms with E-state index in [9.17, 15) is 4.79 Å². The van der Waals surface area contributed by atoms with Gasteiger partial charge in [-0.15, -0.1) is 0 Å². The van der Waals surface area contributed by atoms with E-state index in [4.69, 9.17) is 9.84 Å². The molecule has 0 radical (unpaired) electrons. The number of nitrogens with zero attached hydrogens (tertiary/aromatic N) is 1. The maximum Gasteiger partial charge on any atom is 0.306 e. The van der Waals surface area contributed by atoms with Crippen LogP contribution in [0.5, 0.6) is 0 Å². The van der Waals surface area contributed by atoms with Gasteiger partial charge in [-0.05, 0) is 38.5 Å². The fraction of sp³-hybridized carbons (Fsp3) is 0.923. The number of hydrogen-bond donors (Lipinski definition) is 1. The Kier molecular flexibility index (Phi) is 3.09. The lowest BCUT2D eigenvalue weighted by Crippen LogP contribution is -2.47. The van der Waals surface area contributed by atoms with Gasteiger partial charge in [0.2, 0.25) is 0 Å². The SMILES string of the molecule is O=C(O)C1CC2CCC(C1)N2CC1CCCO1. The highest BCUT2D eigenvalue weighted by Crippen LogP contribution is 2.39. The number of piperidine rings is 1. The molecule has 96 valence electrons. The first-order valence-electron chi connectivity index (χ1n) is 6.84. The molecule has 0 saturated carbocycles. The van der Waals surface area contributed by atoms with Gasteiger partial charge in [0.1, 0.15) is 0 Å². The second-order valence-corrected chi connectivity index (χ2v) is 5.72. The second-order valence-electron chi connectivity index (χ2n) is 5.72. The molecule has 3 saturated heterocycles. The minimum absolute atomic E-state index is 0.103. The van der Waals surface area contributed by atoms with Gasteiger partial charge in [0.15, 0.2) is 0 Å². The van der Waals surface area contributed by atoms with E-state index in [1.165, 1.54) is 25.7 Å². The topological polar surface area (TPSA) is 49.8 Å². The monoisotopic (exact) mass is 239 g/mol. The molecule has 3 atom stereocenters. The average Bonchev–Trinajstić information content (AvgIpc) is 2.86. The van der Waals surface area contributed by atoms with Crippen LogP contribution in [-0.2, 0) is 9.53 Å². The number of aliphatic carboxylic acids is 1. The molecule has 0 spiro atoms. The van der Waals surface area contributed by atoms with Gasteiger partial charge >= 0.3 is 5.97 Å². The fourth-order valence-corrected chi connectivity index (χ4v) is 3.80. The van der Waals surface area contributed by atoms with Crippen molar-refractivity contribution in [1.82, 2.24) is 4.90 Å². The van der Waals surface area contributed by atoms with Crippen LogP contribution < -0.4 is 0 Å². The fourth-order valence-electron chi connectivity index (χ4n) is 3.80. The Bertz CT molecular complexity index is 287. The highest BCUT2D eigenvalue weighted by Gasteiger charge is 2.43. The zero-order valence-corrected chi connectivity index (χ0v) is 10.2. The molecule has 0 aliphatic carbocycles. The molecule has 3 rings (SSSR count). The summed E-state index contributed by atoms with van der Waals surface area (Å²) in [6.07, 6.45) is 6.82. The van der Waals surface area contributed by atoms with E-state index in [2.05, 4.69) is 4.90 Å². The summed E-state index contributed by atoms with van der Waals surface area (Å²) in [5, 5.41) is 9.13. The Hall–Kier alpha value is -0.610. The lowest BCUT2D eigenvalue weighted by atomic mass is 9.90. The number of fused-ring (bicyclic) bond motifs is 2. The van der Waals surface area contributed by atoms with E-state index >= 15 is 0 Å². The summed E-state index contributed by atoms with van der Waals surface area (Å²) < 4.78 is 5.70. The van der Waals surface area contributed by atoms with Crippen LogP contribution in [0, 0.1) is 5.92 Å². The van der Waals surface area contributed by atoms with Gasteiger partial charge in [0, 0.05) is 25.2 Å². The van der Waals surface area contributed by atoms with Crippen molar-refractivity contribution in [3.63, 3.8) is 0 Å². The molecular weight excluding hydrogens is 218 g/mol. The molecule has 17 heavy (non-hydrogen) atoms. The lowest BCUT2D eigenvalue weighted by Gasteiger charge is -2.38. The van der Waals surface area contributed by atoms with Crippen molar-refractivity contribution in [2.75, 3.05) is 13.2 Å². The van der Waals surface area contributed by atoms with Gasteiger partial charge in [-0.3, -0.25) is 9.69 Å². The van der Waals surface area contributed by atoms with Gasteiger partial charge in [-0.2, -0.15) is 0 Å². The molecule has 3 aliphatic heterocycles. The number of carboxylic acids is 1. The third-order valence-corrected chi connectivity index (χ3v) is 4.67. The Morgan fingerprint density at radius 2 is 1.94 bits per heavy atom. The van der Waals surface area contributed by atoms with Gasteiger partial charge < -0.3 is 9.84 Å². The standard InChI is InChI=1S/C13H21NO3/c15-13(16)9-6-10-3-4-11(7-9)14(10)8-12-2-1-5-17-12/h9-12H,1-8H2,(H,15,16). The average molecular weight is 239 g/mol. The maximum atomic E-state index is 11.1. The van der Waals surface area contributed by atoms with E-state index < -0.39 is 5.97 Å². The molecule has 0 aromatic heterocycles. The highest BCUT2D eigenvalue weighted by atomic mass is 16.5. The maximum absolute atomic E-state index is 11.1. The van der Waals surface area contributed by atoms with Crippen LogP contribution in [0.15, 0.2) is 0 Å². The molecular formula is C13H21NO3. The number of ether oxygens (including phenoxy) is 1. The Morgan fingerprint density at radius 3 is 2.47 bits per heavy atom. The Morgan fingerprint density at radius 1 is 1.24 bits per heavy atom. The third-order valence-electron chi connectivity index (χ3n) is 4.67. The van der Waals surface area contributed by atoms with Crippen molar-refractivity contribution in [1.29, 1.82) is 0 Å². The largest absolute Gasteiger partial charge is 0.481 e. The van der Waals surface area contributed by atoms with Crippen molar-refractivity contribution in [2.45, 2.75) is 56.7 Å². The molecule has 0 amide bonds. The lowest BCUT2D eigenvalue weighted by molar-refractivity contribution is -0.144. The summed E-state index contributed by atoms with van der Waals surface area (Å²) >= 11 is 0. The minimum atomic E-state index is -0.598. The first-order chi connectivity index (χ1) is 8.24. The number of carbonyl (C=O) groups is 1. The van der Waals surface area contributed by atoms with Crippen LogP contribution in [0.1, 0.15) is 38.5 Å². The van der Waals surface area contributed by atoms with Crippen molar-refractivity contribution in [3.05, 3.63) is 0 Å².